The molecule has 0 aliphatic heterocycles. The van der Waals surface area contributed by atoms with Crippen LogP contribution in [0.2, 0.25) is 0 Å². The number of urea groups is 1. The lowest BCUT2D eigenvalue weighted by Crippen LogP contribution is -2.40. The number of thiophene rings is 1. The Labute approximate surface area is 144 Å². The van der Waals surface area contributed by atoms with Gasteiger partial charge in [-0.05, 0) is 37.1 Å². The van der Waals surface area contributed by atoms with Gasteiger partial charge in [0.1, 0.15) is 0 Å². The summed E-state index contributed by atoms with van der Waals surface area (Å²) in [5.41, 5.74) is 0.773. The van der Waals surface area contributed by atoms with Crippen molar-refractivity contribution in [1.82, 2.24) is 25.2 Å². The van der Waals surface area contributed by atoms with Crippen LogP contribution in [0.1, 0.15) is 35.5 Å². The molecule has 0 aromatic carbocycles. The monoisotopic (exact) mass is 343 g/mol. The largest absolute Gasteiger partial charge is 0.333 e. The summed E-state index contributed by atoms with van der Waals surface area (Å²) in [6.45, 7) is 6.68. The third kappa shape index (κ3) is 3.56. The first-order valence-electron chi connectivity index (χ1n) is 7.94. The fourth-order valence-electron chi connectivity index (χ4n) is 2.54. The van der Waals surface area contributed by atoms with Crippen molar-refractivity contribution in [3.63, 3.8) is 0 Å². The summed E-state index contributed by atoms with van der Waals surface area (Å²) < 4.78 is 1.91. The standard InChI is InChI=1S/C17H21N5OS/c1-11(2)15(16-21-20-14-6-4-5-9-22(14)16)19-17(23)18-10-13-8-7-12(3)24-13/h4-9,11,15H,10H2,1-3H3,(H2,18,19,23). The molecular weight excluding hydrogens is 322 g/mol. The molecule has 1 atom stereocenters. The van der Waals surface area contributed by atoms with Crippen molar-refractivity contribution < 1.29 is 4.79 Å². The molecule has 0 aliphatic carbocycles. The summed E-state index contributed by atoms with van der Waals surface area (Å²) in [5, 5.41) is 14.4. The molecule has 1 unspecified atom stereocenters. The Hall–Kier alpha value is -2.41. The van der Waals surface area contributed by atoms with Gasteiger partial charge in [0.15, 0.2) is 11.5 Å². The Bertz CT molecular complexity index is 838. The third-order valence-electron chi connectivity index (χ3n) is 3.79. The van der Waals surface area contributed by atoms with Gasteiger partial charge in [-0.15, -0.1) is 21.5 Å². The quantitative estimate of drug-likeness (QED) is 0.747. The van der Waals surface area contributed by atoms with Crippen molar-refractivity contribution in [2.45, 2.75) is 33.4 Å². The second-order valence-electron chi connectivity index (χ2n) is 6.05. The summed E-state index contributed by atoms with van der Waals surface area (Å²) in [6, 6.07) is 9.41. The molecule has 3 heterocycles. The molecule has 0 saturated heterocycles. The van der Waals surface area contributed by atoms with Crippen molar-refractivity contribution >= 4 is 23.0 Å². The van der Waals surface area contributed by atoms with Crippen LogP contribution in [0.15, 0.2) is 36.5 Å². The van der Waals surface area contributed by atoms with E-state index in [4.69, 9.17) is 0 Å². The van der Waals surface area contributed by atoms with E-state index in [1.165, 1.54) is 4.88 Å². The van der Waals surface area contributed by atoms with E-state index in [1.807, 2.05) is 34.9 Å². The lowest BCUT2D eigenvalue weighted by molar-refractivity contribution is 0.231. The Morgan fingerprint density at radius 3 is 2.79 bits per heavy atom. The number of amides is 2. The number of rotatable bonds is 5. The predicted octanol–water partition coefficient (Wildman–Crippen LogP) is 3.30. The van der Waals surface area contributed by atoms with E-state index >= 15 is 0 Å². The second kappa shape index (κ2) is 7.00. The van der Waals surface area contributed by atoms with Gasteiger partial charge in [-0.2, -0.15) is 0 Å². The fourth-order valence-corrected chi connectivity index (χ4v) is 3.37. The van der Waals surface area contributed by atoms with E-state index in [1.54, 1.807) is 11.3 Å². The van der Waals surface area contributed by atoms with Crippen molar-refractivity contribution in [2.24, 2.45) is 5.92 Å². The topological polar surface area (TPSA) is 71.3 Å². The van der Waals surface area contributed by atoms with Gasteiger partial charge < -0.3 is 10.6 Å². The van der Waals surface area contributed by atoms with Gasteiger partial charge in [-0.1, -0.05) is 19.9 Å². The Morgan fingerprint density at radius 2 is 2.08 bits per heavy atom. The van der Waals surface area contributed by atoms with Gasteiger partial charge in [-0.3, -0.25) is 4.40 Å². The molecule has 0 spiro atoms. The van der Waals surface area contributed by atoms with Crippen molar-refractivity contribution in [3.8, 4) is 0 Å². The number of carbonyl (C=O) groups excluding carboxylic acids is 1. The molecule has 126 valence electrons. The maximum Gasteiger partial charge on any atom is 0.315 e. The van der Waals surface area contributed by atoms with Crippen molar-refractivity contribution in [2.75, 3.05) is 0 Å². The molecule has 6 nitrogen and oxygen atoms in total. The third-order valence-corrected chi connectivity index (χ3v) is 4.79. The lowest BCUT2D eigenvalue weighted by Gasteiger charge is -2.21. The summed E-state index contributed by atoms with van der Waals surface area (Å²) >= 11 is 1.69. The van der Waals surface area contributed by atoms with Gasteiger partial charge in [0.2, 0.25) is 0 Å². The molecule has 0 bridgehead atoms. The number of nitrogens with zero attached hydrogens (tertiary/aromatic N) is 3. The molecule has 3 rings (SSSR count). The number of carbonyl (C=O) groups is 1. The smallest absolute Gasteiger partial charge is 0.315 e. The average molecular weight is 343 g/mol. The highest BCUT2D eigenvalue weighted by atomic mass is 32.1. The van der Waals surface area contributed by atoms with Gasteiger partial charge in [0.05, 0.1) is 12.6 Å². The van der Waals surface area contributed by atoms with E-state index in [0.29, 0.717) is 6.54 Å². The van der Waals surface area contributed by atoms with Crippen molar-refractivity contribution in [3.05, 3.63) is 52.1 Å². The van der Waals surface area contributed by atoms with E-state index in [-0.39, 0.29) is 18.0 Å². The molecule has 0 aliphatic rings. The minimum absolute atomic E-state index is 0.187. The van der Waals surface area contributed by atoms with Crippen LogP contribution in [0, 0.1) is 12.8 Å². The van der Waals surface area contributed by atoms with Crippen LogP contribution in [0.4, 0.5) is 4.79 Å². The number of pyridine rings is 1. The zero-order chi connectivity index (χ0) is 17.1. The first kappa shape index (κ1) is 16.4. The highest BCUT2D eigenvalue weighted by Gasteiger charge is 2.23. The summed E-state index contributed by atoms with van der Waals surface area (Å²) in [7, 11) is 0. The minimum atomic E-state index is -0.215. The zero-order valence-corrected chi connectivity index (χ0v) is 14.8. The minimum Gasteiger partial charge on any atom is -0.333 e. The lowest BCUT2D eigenvalue weighted by atomic mass is 10.0. The zero-order valence-electron chi connectivity index (χ0n) is 14.0. The molecule has 3 aromatic heterocycles. The number of hydrogen-bond donors (Lipinski definition) is 2. The Morgan fingerprint density at radius 1 is 1.25 bits per heavy atom. The molecule has 0 radical (unpaired) electrons. The first-order chi connectivity index (χ1) is 11.5. The Kier molecular flexibility index (Phi) is 4.80. The normalized spacial score (nSPS) is 12.5. The number of fused-ring (bicyclic) bond motifs is 1. The number of aryl methyl sites for hydroxylation is 1. The molecule has 2 N–H and O–H groups in total. The van der Waals surface area contributed by atoms with Crippen LogP contribution < -0.4 is 10.6 Å². The van der Waals surface area contributed by atoms with Gasteiger partial charge in [0, 0.05) is 16.0 Å². The van der Waals surface area contributed by atoms with Crippen LogP contribution in [-0.2, 0) is 6.54 Å². The summed E-state index contributed by atoms with van der Waals surface area (Å²) in [5.74, 6) is 0.926. The molecule has 0 fully saturated rings. The molecule has 24 heavy (non-hydrogen) atoms. The van der Waals surface area contributed by atoms with Crippen LogP contribution in [0.25, 0.3) is 5.65 Å². The molecular formula is C17H21N5OS. The van der Waals surface area contributed by atoms with Crippen LogP contribution in [-0.4, -0.2) is 20.6 Å². The highest BCUT2D eigenvalue weighted by Crippen LogP contribution is 2.20. The molecule has 7 heteroatoms. The fraction of sp³-hybridized carbons (Fsp3) is 0.353. The van der Waals surface area contributed by atoms with Crippen LogP contribution >= 0.6 is 11.3 Å². The highest BCUT2D eigenvalue weighted by molar-refractivity contribution is 7.11. The molecule has 2 amide bonds. The molecule has 0 saturated carbocycles. The van der Waals surface area contributed by atoms with E-state index in [2.05, 4.69) is 47.7 Å². The molecule has 3 aromatic rings. The summed E-state index contributed by atoms with van der Waals surface area (Å²) in [4.78, 5) is 14.7. The average Bonchev–Trinajstić information content (AvgIpc) is 3.16. The van der Waals surface area contributed by atoms with E-state index < -0.39 is 0 Å². The number of nitrogens with one attached hydrogen (secondary N) is 2. The SMILES string of the molecule is Cc1ccc(CNC(=O)NC(c2nnc3ccccn23)C(C)C)s1. The van der Waals surface area contributed by atoms with Crippen LogP contribution in [0.5, 0.6) is 0 Å². The second-order valence-corrected chi connectivity index (χ2v) is 7.42. The number of hydrogen-bond acceptors (Lipinski definition) is 4. The summed E-state index contributed by atoms with van der Waals surface area (Å²) in [6.07, 6.45) is 1.91. The van der Waals surface area contributed by atoms with Crippen molar-refractivity contribution in [1.29, 1.82) is 0 Å². The first-order valence-corrected chi connectivity index (χ1v) is 8.75. The maximum absolute atomic E-state index is 12.3. The Balaban J connectivity index is 1.71. The maximum atomic E-state index is 12.3. The van der Waals surface area contributed by atoms with Gasteiger partial charge >= 0.3 is 6.03 Å². The van der Waals surface area contributed by atoms with E-state index in [9.17, 15) is 4.79 Å². The van der Waals surface area contributed by atoms with E-state index in [0.717, 1.165) is 16.3 Å². The van der Waals surface area contributed by atoms with Gasteiger partial charge in [-0.25, -0.2) is 4.79 Å². The number of aromatic nitrogens is 3. The van der Waals surface area contributed by atoms with Gasteiger partial charge in [0.25, 0.3) is 0 Å². The van der Waals surface area contributed by atoms with Crippen LogP contribution in [0.3, 0.4) is 0 Å². The predicted molar refractivity (Wildman–Crippen MR) is 95.0 cm³/mol.